The van der Waals surface area contributed by atoms with Gasteiger partial charge in [0.15, 0.2) is 5.78 Å². The van der Waals surface area contributed by atoms with Crippen molar-refractivity contribution >= 4 is 34.2 Å². The average Bonchev–Trinajstić information content (AvgIpc) is 2.91. The van der Waals surface area contributed by atoms with Crippen LogP contribution in [0.1, 0.15) is 14.5 Å². The summed E-state index contributed by atoms with van der Waals surface area (Å²) in [6.07, 6.45) is 1.26. The fourth-order valence-corrected chi connectivity index (χ4v) is 2.39. The molecule has 0 saturated carbocycles. The van der Waals surface area contributed by atoms with Gasteiger partial charge in [0.1, 0.15) is 5.76 Å². The SMILES string of the molecule is O=C(/C=C(\O)c1cccs1)c1cccs1. The van der Waals surface area contributed by atoms with Crippen molar-refractivity contribution in [3.63, 3.8) is 0 Å². The van der Waals surface area contributed by atoms with E-state index < -0.39 is 0 Å². The fraction of sp³-hybridized carbons (Fsp3) is 0. The Labute approximate surface area is 95.1 Å². The van der Waals surface area contributed by atoms with Crippen molar-refractivity contribution in [2.75, 3.05) is 0 Å². The minimum atomic E-state index is -0.157. The maximum atomic E-state index is 11.6. The Morgan fingerprint density at radius 1 is 1.13 bits per heavy atom. The van der Waals surface area contributed by atoms with Gasteiger partial charge in [-0.05, 0) is 22.9 Å². The summed E-state index contributed by atoms with van der Waals surface area (Å²) in [5.74, 6) is -0.126. The Morgan fingerprint density at radius 2 is 1.73 bits per heavy atom. The van der Waals surface area contributed by atoms with Crippen LogP contribution in [0.25, 0.3) is 5.76 Å². The second-order valence-electron chi connectivity index (χ2n) is 2.85. The number of carbonyl (C=O) groups is 1. The van der Waals surface area contributed by atoms with Crippen molar-refractivity contribution < 1.29 is 9.90 Å². The highest BCUT2D eigenvalue weighted by atomic mass is 32.1. The first kappa shape index (κ1) is 10.1. The van der Waals surface area contributed by atoms with Crippen LogP contribution in [-0.4, -0.2) is 10.9 Å². The Bertz CT molecular complexity index is 467. The molecule has 0 radical (unpaired) electrons. The van der Waals surface area contributed by atoms with Crippen LogP contribution in [0, 0.1) is 0 Å². The molecule has 0 aliphatic rings. The Balaban J connectivity index is 2.21. The summed E-state index contributed by atoms with van der Waals surface area (Å²) < 4.78 is 0. The molecule has 0 bridgehead atoms. The third kappa shape index (κ3) is 2.34. The second-order valence-corrected chi connectivity index (χ2v) is 4.74. The predicted octanol–water partition coefficient (Wildman–Crippen LogP) is 3.59. The number of rotatable bonds is 3. The molecule has 15 heavy (non-hydrogen) atoms. The Kier molecular flexibility index (Phi) is 2.99. The van der Waals surface area contributed by atoms with Gasteiger partial charge in [0.25, 0.3) is 0 Å². The minimum absolute atomic E-state index is 0.0309. The molecule has 4 heteroatoms. The van der Waals surface area contributed by atoms with Gasteiger partial charge >= 0.3 is 0 Å². The van der Waals surface area contributed by atoms with Gasteiger partial charge in [0.05, 0.1) is 9.75 Å². The quantitative estimate of drug-likeness (QED) is 0.502. The van der Waals surface area contributed by atoms with Crippen LogP contribution in [0.4, 0.5) is 0 Å². The average molecular weight is 236 g/mol. The van der Waals surface area contributed by atoms with Gasteiger partial charge in [-0.1, -0.05) is 12.1 Å². The van der Waals surface area contributed by atoms with Crippen LogP contribution in [0.2, 0.25) is 0 Å². The van der Waals surface area contributed by atoms with E-state index in [-0.39, 0.29) is 11.5 Å². The van der Waals surface area contributed by atoms with Crippen LogP contribution < -0.4 is 0 Å². The Morgan fingerprint density at radius 3 is 2.27 bits per heavy atom. The van der Waals surface area contributed by atoms with Crippen LogP contribution in [0.15, 0.2) is 41.1 Å². The number of hydrogen-bond acceptors (Lipinski definition) is 4. The van der Waals surface area contributed by atoms with Crippen molar-refractivity contribution in [2.24, 2.45) is 0 Å². The topological polar surface area (TPSA) is 37.3 Å². The first-order chi connectivity index (χ1) is 7.27. The lowest BCUT2D eigenvalue weighted by Crippen LogP contribution is -1.91. The monoisotopic (exact) mass is 236 g/mol. The third-order valence-electron chi connectivity index (χ3n) is 1.81. The molecule has 2 rings (SSSR count). The van der Waals surface area contributed by atoms with Crippen molar-refractivity contribution in [3.8, 4) is 0 Å². The van der Waals surface area contributed by atoms with E-state index in [0.29, 0.717) is 9.75 Å². The molecule has 2 nitrogen and oxygen atoms in total. The van der Waals surface area contributed by atoms with E-state index in [0.717, 1.165) is 0 Å². The number of hydrogen-bond donors (Lipinski definition) is 1. The summed E-state index contributed by atoms with van der Waals surface area (Å²) in [4.78, 5) is 12.9. The van der Waals surface area contributed by atoms with Gasteiger partial charge in [-0.3, -0.25) is 4.79 Å². The zero-order valence-electron chi connectivity index (χ0n) is 7.71. The highest BCUT2D eigenvalue weighted by Gasteiger charge is 2.06. The maximum absolute atomic E-state index is 11.6. The zero-order chi connectivity index (χ0) is 10.7. The largest absolute Gasteiger partial charge is 0.506 e. The molecule has 1 N–H and O–H groups in total. The minimum Gasteiger partial charge on any atom is -0.506 e. The van der Waals surface area contributed by atoms with Gasteiger partial charge < -0.3 is 5.11 Å². The third-order valence-corrected chi connectivity index (χ3v) is 3.58. The summed E-state index contributed by atoms with van der Waals surface area (Å²) in [5.41, 5.74) is 0. The summed E-state index contributed by atoms with van der Waals surface area (Å²) in [5, 5.41) is 13.3. The lowest BCUT2D eigenvalue weighted by atomic mass is 10.2. The number of aliphatic hydroxyl groups is 1. The van der Waals surface area contributed by atoms with Crippen LogP contribution >= 0.6 is 22.7 Å². The molecule has 0 amide bonds. The summed E-state index contributed by atoms with van der Waals surface area (Å²) in [6.45, 7) is 0. The fourth-order valence-electron chi connectivity index (χ4n) is 1.11. The molecule has 0 spiro atoms. The number of ketones is 1. The highest BCUT2D eigenvalue weighted by Crippen LogP contribution is 2.19. The van der Waals surface area contributed by atoms with Gasteiger partial charge in [0, 0.05) is 6.08 Å². The van der Waals surface area contributed by atoms with E-state index in [9.17, 15) is 9.90 Å². The van der Waals surface area contributed by atoms with E-state index in [2.05, 4.69) is 0 Å². The molecule has 0 aromatic carbocycles. The van der Waals surface area contributed by atoms with Crippen molar-refractivity contribution in [3.05, 3.63) is 50.9 Å². The van der Waals surface area contributed by atoms with Crippen molar-refractivity contribution in [2.45, 2.75) is 0 Å². The van der Waals surface area contributed by atoms with E-state index in [1.54, 1.807) is 12.1 Å². The molecule has 0 aliphatic heterocycles. The molecule has 2 aromatic heterocycles. The molecular formula is C11H8O2S2. The van der Waals surface area contributed by atoms with E-state index in [4.69, 9.17) is 0 Å². The lowest BCUT2D eigenvalue weighted by Gasteiger charge is -1.94. The number of thiophene rings is 2. The molecule has 2 heterocycles. The molecule has 0 fully saturated rings. The highest BCUT2D eigenvalue weighted by molar-refractivity contribution is 7.12. The second kappa shape index (κ2) is 4.42. The molecule has 0 saturated heterocycles. The van der Waals surface area contributed by atoms with Crippen LogP contribution in [0.3, 0.4) is 0 Å². The van der Waals surface area contributed by atoms with Gasteiger partial charge in [0.2, 0.25) is 0 Å². The van der Waals surface area contributed by atoms with Gasteiger partial charge in [-0.25, -0.2) is 0 Å². The number of allylic oxidation sites excluding steroid dienone is 1. The lowest BCUT2D eigenvalue weighted by molar-refractivity contribution is 0.105. The first-order valence-corrected chi connectivity index (χ1v) is 6.05. The molecule has 2 aromatic rings. The van der Waals surface area contributed by atoms with Crippen LogP contribution in [0.5, 0.6) is 0 Å². The van der Waals surface area contributed by atoms with Gasteiger partial charge in [-0.15, -0.1) is 22.7 Å². The predicted molar refractivity (Wildman–Crippen MR) is 63.6 cm³/mol. The van der Waals surface area contributed by atoms with Crippen molar-refractivity contribution in [1.29, 1.82) is 0 Å². The maximum Gasteiger partial charge on any atom is 0.199 e. The standard InChI is InChI=1S/C11H8O2S2/c12-8(10-3-1-5-14-10)7-9(13)11-4-2-6-15-11/h1-7,12H/b8-7-. The van der Waals surface area contributed by atoms with E-state index in [1.807, 2.05) is 22.9 Å². The summed E-state index contributed by atoms with van der Waals surface area (Å²) >= 11 is 2.77. The van der Waals surface area contributed by atoms with Gasteiger partial charge in [-0.2, -0.15) is 0 Å². The van der Waals surface area contributed by atoms with E-state index in [1.165, 1.54) is 28.7 Å². The molecule has 0 unspecified atom stereocenters. The molecule has 76 valence electrons. The zero-order valence-corrected chi connectivity index (χ0v) is 9.35. The summed E-state index contributed by atoms with van der Waals surface area (Å²) in [7, 11) is 0. The van der Waals surface area contributed by atoms with Crippen LogP contribution in [-0.2, 0) is 0 Å². The number of aliphatic hydroxyl groups excluding tert-OH is 1. The normalized spacial score (nSPS) is 11.6. The molecule has 0 atom stereocenters. The Hall–Kier alpha value is -1.39. The first-order valence-electron chi connectivity index (χ1n) is 4.30. The summed E-state index contributed by atoms with van der Waals surface area (Å²) in [6, 6.07) is 7.16. The molecular weight excluding hydrogens is 228 g/mol. The molecule has 0 aliphatic carbocycles. The van der Waals surface area contributed by atoms with E-state index >= 15 is 0 Å². The smallest absolute Gasteiger partial charge is 0.199 e. The number of carbonyl (C=O) groups excluding carboxylic acids is 1. The van der Waals surface area contributed by atoms with Crippen molar-refractivity contribution in [1.82, 2.24) is 0 Å².